The Balaban J connectivity index is 1.93. The second-order valence-corrected chi connectivity index (χ2v) is 7.07. The van der Waals surface area contributed by atoms with E-state index in [9.17, 15) is 4.39 Å². The van der Waals surface area contributed by atoms with Gasteiger partial charge in [-0.25, -0.2) is 4.39 Å². The molecule has 1 N–H and O–H groups in total. The molecule has 0 bridgehead atoms. The van der Waals surface area contributed by atoms with Gasteiger partial charge in [0.25, 0.3) is 0 Å². The van der Waals surface area contributed by atoms with Crippen molar-refractivity contribution in [1.82, 2.24) is 0 Å². The molecule has 0 aliphatic carbocycles. The van der Waals surface area contributed by atoms with Gasteiger partial charge in [0.05, 0.1) is 11.7 Å². The van der Waals surface area contributed by atoms with Crippen molar-refractivity contribution in [2.45, 2.75) is 17.4 Å². The van der Waals surface area contributed by atoms with E-state index in [1.165, 1.54) is 22.6 Å². The van der Waals surface area contributed by atoms with E-state index in [2.05, 4.69) is 27.3 Å². The Morgan fingerprint density at radius 3 is 2.95 bits per heavy atom. The quantitative estimate of drug-likeness (QED) is 0.705. The van der Waals surface area contributed by atoms with Crippen molar-refractivity contribution in [3.63, 3.8) is 0 Å². The fraction of sp³-hybridized carbons (Fsp3) is 0.200. The van der Waals surface area contributed by atoms with Crippen LogP contribution in [0.3, 0.4) is 0 Å². The molecule has 1 heterocycles. The lowest BCUT2D eigenvalue weighted by atomic mass is 10.0. The minimum Gasteiger partial charge on any atom is -0.377 e. The monoisotopic (exact) mass is 371 g/mol. The SMILES string of the molecule is Fc1ccc(Br)c(NC2CCSc3ccc(Cl)cc32)c1. The summed E-state index contributed by atoms with van der Waals surface area (Å²) < 4.78 is 14.2. The number of benzene rings is 2. The maximum Gasteiger partial charge on any atom is 0.125 e. The van der Waals surface area contributed by atoms with Crippen molar-refractivity contribution in [1.29, 1.82) is 0 Å². The Morgan fingerprint density at radius 2 is 2.10 bits per heavy atom. The molecule has 1 nitrogen and oxygen atoms in total. The second kappa shape index (κ2) is 5.96. The number of rotatable bonds is 2. The highest BCUT2D eigenvalue weighted by molar-refractivity contribution is 9.10. The normalized spacial score (nSPS) is 17.6. The van der Waals surface area contributed by atoms with E-state index in [1.807, 2.05) is 23.9 Å². The summed E-state index contributed by atoms with van der Waals surface area (Å²) in [6.45, 7) is 0. The second-order valence-electron chi connectivity index (χ2n) is 4.64. The Hall–Kier alpha value is -0.710. The van der Waals surface area contributed by atoms with Crippen molar-refractivity contribution in [2.75, 3.05) is 11.1 Å². The average Bonchev–Trinajstić information content (AvgIpc) is 2.43. The fourth-order valence-electron chi connectivity index (χ4n) is 2.31. The van der Waals surface area contributed by atoms with Crippen molar-refractivity contribution < 1.29 is 4.39 Å². The van der Waals surface area contributed by atoms with Crippen LogP contribution in [0.15, 0.2) is 45.8 Å². The average molecular weight is 373 g/mol. The van der Waals surface area contributed by atoms with Crippen molar-refractivity contribution in [3.05, 3.63) is 57.3 Å². The van der Waals surface area contributed by atoms with Gasteiger partial charge in [0.2, 0.25) is 0 Å². The number of hydrogen-bond donors (Lipinski definition) is 1. The zero-order valence-electron chi connectivity index (χ0n) is 10.5. The molecule has 0 saturated heterocycles. The van der Waals surface area contributed by atoms with Gasteiger partial charge in [0, 0.05) is 20.1 Å². The summed E-state index contributed by atoms with van der Waals surface area (Å²) in [7, 11) is 0. The third-order valence-electron chi connectivity index (χ3n) is 3.27. The first-order chi connectivity index (χ1) is 9.63. The van der Waals surface area contributed by atoms with E-state index in [4.69, 9.17) is 11.6 Å². The Labute approximate surface area is 135 Å². The summed E-state index contributed by atoms with van der Waals surface area (Å²) in [5.41, 5.74) is 1.96. The van der Waals surface area contributed by atoms with Crippen LogP contribution in [0.1, 0.15) is 18.0 Å². The first kappa shape index (κ1) is 14.2. The third-order valence-corrected chi connectivity index (χ3v) is 5.32. The summed E-state index contributed by atoms with van der Waals surface area (Å²) in [6, 6.07) is 10.8. The molecule has 1 aliphatic rings. The zero-order chi connectivity index (χ0) is 14.1. The number of hydrogen-bond acceptors (Lipinski definition) is 2. The van der Waals surface area contributed by atoms with Crippen LogP contribution in [0.4, 0.5) is 10.1 Å². The van der Waals surface area contributed by atoms with E-state index in [1.54, 1.807) is 6.07 Å². The highest BCUT2D eigenvalue weighted by atomic mass is 79.9. The molecule has 1 atom stereocenters. The van der Waals surface area contributed by atoms with Crippen LogP contribution in [-0.4, -0.2) is 5.75 Å². The molecule has 5 heteroatoms. The van der Waals surface area contributed by atoms with E-state index >= 15 is 0 Å². The van der Waals surface area contributed by atoms with Crippen molar-refractivity contribution in [3.8, 4) is 0 Å². The van der Waals surface area contributed by atoms with Crippen LogP contribution in [0.25, 0.3) is 0 Å². The maximum atomic E-state index is 13.4. The predicted octanol–water partition coefficient (Wildman–Crippen LogP) is 5.89. The molecule has 0 fully saturated rings. The van der Waals surface area contributed by atoms with Gasteiger partial charge in [-0.2, -0.15) is 0 Å². The van der Waals surface area contributed by atoms with Crippen LogP contribution in [0.5, 0.6) is 0 Å². The first-order valence-electron chi connectivity index (χ1n) is 6.27. The first-order valence-corrected chi connectivity index (χ1v) is 8.43. The van der Waals surface area contributed by atoms with Gasteiger partial charge in [-0.15, -0.1) is 11.8 Å². The third kappa shape index (κ3) is 2.97. The number of thioether (sulfide) groups is 1. The van der Waals surface area contributed by atoms with Crippen LogP contribution >= 0.6 is 39.3 Å². The van der Waals surface area contributed by atoms with E-state index in [0.717, 1.165) is 27.4 Å². The van der Waals surface area contributed by atoms with E-state index in [0.29, 0.717) is 0 Å². The van der Waals surface area contributed by atoms with Gasteiger partial charge in [0.15, 0.2) is 0 Å². The fourth-order valence-corrected chi connectivity index (χ4v) is 3.96. The van der Waals surface area contributed by atoms with Gasteiger partial charge >= 0.3 is 0 Å². The van der Waals surface area contributed by atoms with Gasteiger partial charge in [0.1, 0.15) is 5.82 Å². The lowest BCUT2D eigenvalue weighted by molar-refractivity contribution is 0.627. The summed E-state index contributed by atoms with van der Waals surface area (Å²) in [6.07, 6.45) is 0.987. The van der Waals surface area contributed by atoms with Crippen LogP contribution in [0, 0.1) is 5.82 Å². The molecule has 0 saturated carbocycles. The molecule has 104 valence electrons. The largest absolute Gasteiger partial charge is 0.377 e. The summed E-state index contributed by atoms with van der Waals surface area (Å²) >= 11 is 11.4. The van der Waals surface area contributed by atoms with Crippen molar-refractivity contribution >= 4 is 45.0 Å². The minimum atomic E-state index is -0.243. The molecule has 0 radical (unpaired) electrons. The number of nitrogens with one attached hydrogen (secondary N) is 1. The summed E-state index contributed by atoms with van der Waals surface area (Å²) in [5, 5.41) is 4.15. The molecule has 3 rings (SSSR count). The standard InChI is InChI=1S/C15H12BrClFNS/c16-12-3-2-10(18)8-14(12)19-13-5-6-20-15-4-1-9(17)7-11(13)15/h1-4,7-8,13,19H,5-6H2. The maximum absolute atomic E-state index is 13.4. The lowest BCUT2D eigenvalue weighted by Crippen LogP contribution is -2.16. The molecule has 20 heavy (non-hydrogen) atoms. The highest BCUT2D eigenvalue weighted by Gasteiger charge is 2.21. The Bertz CT molecular complexity index is 650. The van der Waals surface area contributed by atoms with E-state index in [-0.39, 0.29) is 11.9 Å². The van der Waals surface area contributed by atoms with Gasteiger partial charge in [-0.05, 0) is 64.3 Å². The molecule has 0 aromatic heterocycles. The lowest BCUT2D eigenvalue weighted by Gasteiger charge is -2.27. The molecule has 2 aromatic carbocycles. The van der Waals surface area contributed by atoms with Crippen LogP contribution in [0.2, 0.25) is 5.02 Å². The Morgan fingerprint density at radius 1 is 1.25 bits per heavy atom. The van der Waals surface area contributed by atoms with Gasteiger partial charge < -0.3 is 5.32 Å². The van der Waals surface area contributed by atoms with Crippen LogP contribution in [-0.2, 0) is 0 Å². The summed E-state index contributed by atoms with van der Waals surface area (Å²) in [5.74, 6) is 0.798. The van der Waals surface area contributed by atoms with Gasteiger partial charge in [-0.3, -0.25) is 0 Å². The molecular weight excluding hydrogens is 361 g/mol. The van der Waals surface area contributed by atoms with E-state index < -0.39 is 0 Å². The number of anilines is 1. The molecule has 0 amide bonds. The number of halogens is 3. The predicted molar refractivity (Wildman–Crippen MR) is 87.3 cm³/mol. The molecule has 1 unspecified atom stereocenters. The number of fused-ring (bicyclic) bond motifs is 1. The smallest absolute Gasteiger partial charge is 0.125 e. The van der Waals surface area contributed by atoms with Crippen LogP contribution < -0.4 is 5.32 Å². The van der Waals surface area contributed by atoms with Crippen molar-refractivity contribution in [2.24, 2.45) is 0 Å². The molecule has 0 spiro atoms. The minimum absolute atomic E-state index is 0.156. The Kier molecular flexibility index (Phi) is 4.24. The molecule has 1 aliphatic heterocycles. The topological polar surface area (TPSA) is 12.0 Å². The zero-order valence-corrected chi connectivity index (χ0v) is 13.7. The van der Waals surface area contributed by atoms with Gasteiger partial charge in [-0.1, -0.05) is 11.6 Å². The molecular formula is C15H12BrClFNS. The summed E-state index contributed by atoms with van der Waals surface area (Å²) in [4.78, 5) is 1.24. The molecule has 2 aromatic rings. The highest BCUT2D eigenvalue weighted by Crippen LogP contribution is 2.40.